The Labute approximate surface area is 108 Å². The lowest BCUT2D eigenvalue weighted by Gasteiger charge is -2.15. The maximum atomic E-state index is 11.4. The van der Waals surface area contributed by atoms with Gasteiger partial charge in [0.1, 0.15) is 0 Å². The molecule has 0 radical (unpaired) electrons. The van der Waals surface area contributed by atoms with E-state index in [1.807, 2.05) is 13.8 Å². The second kappa shape index (κ2) is 6.86. The van der Waals surface area contributed by atoms with Gasteiger partial charge < -0.3 is 21.1 Å². The van der Waals surface area contributed by atoms with Crippen molar-refractivity contribution in [1.82, 2.24) is 5.32 Å². The third-order valence-corrected chi connectivity index (χ3v) is 2.57. The van der Waals surface area contributed by atoms with E-state index in [-0.39, 0.29) is 12.0 Å². The summed E-state index contributed by atoms with van der Waals surface area (Å²) in [4.78, 5) is 11.4. The Morgan fingerprint density at radius 1 is 1.50 bits per heavy atom. The Kier molecular flexibility index (Phi) is 5.45. The fraction of sp³-hybridized carbons (Fsp3) is 0.462. The van der Waals surface area contributed by atoms with Crippen LogP contribution in [0.4, 0.5) is 11.4 Å². The lowest BCUT2D eigenvalue weighted by molar-refractivity contribution is 0.0855. The summed E-state index contributed by atoms with van der Waals surface area (Å²) in [5.41, 5.74) is 7.81. The molecule has 1 atom stereocenters. The van der Waals surface area contributed by atoms with Gasteiger partial charge in [-0.2, -0.15) is 0 Å². The predicted octanol–water partition coefficient (Wildman–Crippen LogP) is 1.47. The molecule has 0 aliphatic carbocycles. The molecule has 4 N–H and O–H groups in total. The fourth-order valence-corrected chi connectivity index (χ4v) is 1.61. The molecule has 0 aliphatic rings. The van der Waals surface area contributed by atoms with Crippen molar-refractivity contribution in [3.05, 3.63) is 23.8 Å². The first kappa shape index (κ1) is 14.3. The van der Waals surface area contributed by atoms with Crippen LogP contribution in [0.5, 0.6) is 0 Å². The Bertz CT molecular complexity index is 407. The van der Waals surface area contributed by atoms with Gasteiger partial charge in [0.15, 0.2) is 0 Å². The highest BCUT2D eigenvalue weighted by Crippen LogP contribution is 2.19. The van der Waals surface area contributed by atoms with Gasteiger partial charge in [-0.15, -0.1) is 0 Å². The standard InChI is InChI=1S/C13H21N3O2/c1-4-18-9(2)8-16-12-6-5-10(7-11(12)14)13(17)15-3/h5-7,9,16H,4,8,14H2,1-3H3,(H,15,17). The summed E-state index contributed by atoms with van der Waals surface area (Å²) in [6, 6.07) is 5.20. The molecule has 0 aliphatic heterocycles. The van der Waals surface area contributed by atoms with Crippen LogP contribution in [0.15, 0.2) is 18.2 Å². The first-order chi connectivity index (χ1) is 8.58. The number of hydrogen-bond acceptors (Lipinski definition) is 4. The van der Waals surface area contributed by atoms with E-state index in [0.29, 0.717) is 24.4 Å². The molecule has 100 valence electrons. The minimum Gasteiger partial charge on any atom is -0.397 e. The Morgan fingerprint density at radius 3 is 2.78 bits per heavy atom. The van der Waals surface area contributed by atoms with E-state index in [0.717, 1.165) is 5.69 Å². The molecule has 18 heavy (non-hydrogen) atoms. The van der Waals surface area contributed by atoms with E-state index in [2.05, 4.69) is 10.6 Å². The molecular formula is C13H21N3O2. The SMILES string of the molecule is CCOC(C)CNc1ccc(C(=O)NC)cc1N. The van der Waals surface area contributed by atoms with Gasteiger partial charge in [0.2, 0.25) is 0 Å². The van der Waals surface area contributed by atoms with Crippen molar-refractivity contribution in [2.24, 2.45) is 0 Å². The van der Waals surface area contributed by atoms with E-state index in [1.165, 1.54) is 0 Å². The van der Waals surface area contributed by atoms with Gasteiger partial charge in [-0.1, -0.05) is 0 Å². The Hall–Kier alpha value is -1.75. The molecule has 0 saturated heterocycles. The summed E-state index contributed by atoms with van der Waals surface area (Å²) in [6.45, 7) is 5.32. The lowest BCUT2D eigenvalue weighted by atomic mass is 10.1. The van der Waals surface area contributed by atoms with Crippen molar-refractivity contribution in [2.75, 3.05) is 31.2 Å². The van der Waals surface area contributed by atoms with Gasteiger partial charge in [0.05, 0.1) is 17.5 Å². The summed E-state index contributed by atoms with van der Waals surface area (Å²) in [5.74, 6) is -0.143. The van der Waals surface area contributed by atoms with Gasteiger partial charge in [-0.05, 0) is 32.0 Å². The molecule has 1 aromatic carbocycles. The van der Waals surface area contributed by atoms with Crippen LogP contribution >= 0.6 is 0 Å². The first-order valence-electron chi connectivity index (χ1n) is 6.05. The van der Waals surface area contributed by atoms with Crippen LogP contribution in [-0.2, 0) is 4.74 Å². The zero-order valence-corrected chi connectivity index (χ0v) is 11.1. The number of carbonyl (C=O) groups is 1. The molecule has 1 unspecified atom stereocenters. The number of carbonyl (C=O) groups excluding carboxylic acids is 1. The summed E-state index contributed by atoms with van der Waals surface area (Å²) in [5, 5.41) is 5.76. The molecule has 0 bridgehead atoms. The summed E-state index contributed by atoms with van der Waals surface area (Å²) in [7, 11) is 1.59. The Balaban J connectivity index is 2.65. The summed E-state index contributed by atoms with van der Waals surface area (Å²) < 4.78 is 5.42. The smallest absolute Gasteiger partial charge is 0.251 e. The number of anilines is 2. The molecule has 5 heteroatoms. The van der Waals surface area contributed by atoms with Crippen LogP contribution < -0.4 is 16.4 Å². The van der Waals surface area contributed by atoms with Gasteiger partial charge in [-0.25, -0.2) is 0 Å². The van der Waals surface area contributed by atoms with Gasteiger partial charge in [0, 0.05) is 25.8 Å². The molecule has 0 heterocycles. The van der Waals surface area contributed by atoms with Crippen molar-refractivity contribution >= 4 is 17.3 Å². The van der Waals surface area contributed by atoms with Crippen LogP contribution in [0.3, 0.4) is 0 Å². The van der Waals surface area contributed by atoms with Gasteiger partial charge in [-0.3, -0.25) is 4.79 Å². The highest BCUT2D eigenvalue weighted by atomic mass is 16.5. The van der Waals surface area contributed by atoms with Crippen LogP contribution in [0.1, 0.15) is 24.2 Å². The van der Waals surface area contributed by atoms with Crippen molar-refractivity contribution in [1.29, 1.82) is 0 Å². The number of benzene rings is 1. The molecule has 0 aromatic heterocycles. The first-order valence-corrected chi connectivity index (χ1v) is 6.05. The maximum absolute atomic E-state index is 11.4. The number of nitrogens with one attached hydrogen (secondary N) is 2. The average molecular weight is 251 g/mol. The van der Waals surface area contributed by atoms with Gasteiger partial charge >= 0.3 is 0 Å². The number of nitrogen functional groups attached to an aromatic ring is 1. The lowest BCUT2D eigenvalue weighted by Crippen LogP contribution is -2.21. The van der Waals surface area contributed by atoms with Crippen LogP contribution in [0, 0.1) is 0 Å². The second-order valence-corrected chi connectivity index (χ2v) is 4.03. The number of hydrogen-bond donors (Lipinski definition) is 3. The predicted molar refractivity (Wildman–Crippen MR) is 73.8 cm³/mol. The minimum absolute atomic E-state index is 0.119. The topological polar surface area (TPSA) is 76.4 Å². The molecule has 1 rings (SSSR count). The molecule has 1 amide bonds. The molecule has 0 saturated carbocycles. The monoisotopic (exact) mass is 251 g/mol. The molecule has 0 spiro atoms. The fourth-order valence-electron chi connectivity index (χ4n) is 1.61. The molecular weight excluding hydrogens is 230 g/mol. The molecule has 5 nitrogen and oxygen atoms in total. The quantitative estimate of drug-likeness (QED) is 0.669. The van der Waals surface area contributed by atoms with Crippen molar-refractivity contribution < 1.29 is 9.53 Å². The third kappa shape index (κ3) is 3.92. The largest absolute Gasteiger partial charge is 0.397 e. The van der Waals surface area contributed by atoms with Crippen LogP contribution in [0.2, 0.25) is 0 Å². The van der Waals surface area contributed by atoms with Crippen molar-refractivity contribution in [3.63, 3.8) is 0 Å². The Morgan fingerprint density at radius 2 is 2.22 bits per heavy atom. The molecule has 0 fully saturated rings. The zero-order chi connectivity index (χ0) is 13.5. The van der Waals surface area contributed by atoms with Crippen LogP contribution in [-0.4, -0.2) is 32.2 Å². The van der Waals surface area contributed by atoms with Gasteiger partial charge in [0.25, 0.3) is 5.91 Å². The summed E-state index contributed by atoms with van der Waals surface area (Å²) >= 11 is 0. The third-order valence-electron chi connectivity index (χ3n) is 2.57. The number of amides is 1. The van der Waals surface area contributed by atoms with Crippen molar-refractivity contribution in [3.8, 4) is 0 Å². The molecule has 1 aromatic rings. The summed E-state index contributed by atoms with van der Waals surface area (Å²) in [6.07, 6.45) is 0.119. The second-order valence-electron chi connectivity index (χ2n) is 4.03. The van der Waals surface area contributed by atoms with Crippen molar-refractivity contribution in [2.45, 2.75) is 20.0 Å². The van der Waals surface area contributed by atoms with E-state index in [4.69, 9.17) is 10.5 Å². The van der Waals surface area contributed by atoms with E-state index in [1.54, 1.807) is 25.2 Å². The number of nitrogens with two attached hydrogens (primary N) is 1. The minimum atomic E-state index is -0.143. The highest BCUT2D eigenvalue weighted by Gasteiger charge is 2.07. The zero-order valence-electron chi connectivity index (χ0n) is 11.1. The number of rotatable bonds is 6. The van der Waals surface area contributed by atoms with E-state index < -0.39 is 0 Å². The van der Waals surface area contributed by atoms with E-state index >= 15 is 0 Å². The maximum Gasteiger partial charge on any atom is 0.251 e. The number of ether oxygens (including phenoxy) is 1. The highest BCUT2D eigenvalue weighted by molar-refractivity contribution is 5.95. The average Bonchev–Trinajstić information content (AvgIpc) is 2.36. The normalized spacial score (nSPS) is 11.9. The van der Waals surface area contributed by atoms with E-state index in [9.17, 15) is 4.79 Å². The van der Waals surface area contributed by atoms with Crippen LogP contribution in [0.25, 0.3) is 0 Å².